The molecule has 6 heteroatoms. The molecule has 1 saturated heterocycles. The first-order valence-electron chi connectivity index (χ1n) is 11.3. The van der Waals surface area contributed by atoms with Gasteiger partial charge in [0.25, 0.3) is 0 Å². The number of rotatable bonds is 6. The van der Waals surface area contributed by atoms with Crippen LogP contribution in [0.1, 0.15) is 46.2 Å². The fourth-order valence-corrected chi connectivity index (χ4v) is 4.95. The number of H-pyrrole nitrogens is 1. The maximum Gasteiger partial charge on any atom is 0.227 e. The van der Waals surface area contributed by atoms with Crippen LogP contribution >= 0.6 is 0 Å². The van der Waals surface area contributed by atoms with E-state index in [4.69, 9.17) is 0 Å². The van der Waals surface area contributed by atoms with E-state index in [0.29, 0.717) is 32.1 Å². The van der Waals surface area contributed by atoms with Crippen LogP contribution in [0.3, 0.4) is 0 Å². The third-order valence-corrected chi connectivity index (χ3v) is 6.81. The Morgan fingerprint density at radius 1 is 1.06 bits per heavy atom. The van der Waals surface area contributed by atoms with Gasteiger partial charge < -0.3 is 14.5 Å². The van der Waals surface area contributed by atoms with Gasteiger partial charge in [0, 0.05) is 66.3 Å². The molecule has 0 unspecified atom stereocenters. The molecule has 1 aromatic carbocycles. The minimum Gasteiger partial charge on any atom is -0.361 e. The number of carbonyl (C=O) groups excluding carboxylic acids is 2. The van der Waals surface area contributed by atoms with Crippen molar-refractivity contribution in [2.24, 2.45) is 0 Å². The van der Waals surface area contributed by atoms with Crippen molar-refractivity contribution in [3.8, 4) is 0 Å². The maximum absolute atomic E-state index is 13.0. The van der Waals surface area contributed by atoms with Gasteiger partial charge in [0.15, 0.2) is 5.78 Å². The lowest BCUT2D eigenvalue weighted by Gasteiger charge is -2.34. The van der Waals surface area contributed by atoms with Crippen molar-refractivity contribution in [1.82, 2.24) is 19.4 Å². The van der Waals surface area contributed by atoms with E-state index in [0.717, 1.165) is 40.8 Å². The molecule has 162 valence electrons. The highest BCUT2D eigenvalue weighted by atomic mass is 16.2. The van der Waals surface area contributed by atoms with Crippen molar-refractivity contribution in [3.05, 3.63) is 59.0 Å². The largest absolute Gasteiger partial charge is 0.361 e. The highest BCUT2D eigenvalue weighted by Gasteiger charge is 2.29. The standard InChI is InChI=1S/C25H30N4O2/c1-17-13-22(18(2)29(17)20-7-8-20)24(30)16-27-9-11-28(12-10-27)25(31)14-19-15-26-23-6-4-3-5-21(19)23/h3-6,13,15,20,26H,7-12,14,16H2,1-2H3. The van der Waals surface area contributed by atoms with Gasteiger partial charge in [-0.1, -0.05) is 18.2 Å². The molecular formula is C25H30N4O2. The Morgan fingerprint density at radius 3 is 2.55 bits per heavy atom. The molecule has 0 radical (unpaired) electrons. The van der Waals surface area contributed by atoms with Crippen LogP contribution in [0.5, 0.6) is 0 Å². The number of aromatic nitrogens is 2. The van der Waals surface area contributed by atoms with Crippen molar-refractivity contribution < 1.29 is 9.59 Å². The number of nitrogens with zero attached hydrogens (tertiary/aromatic N) is 3. The van der Waals surface area contributed by atoms with Crippen LogP contribution in [0.2, 0.25) is 0 Å². The predicted molar refractivity (Wildman–Crippen MR) is 122 cm³/mol. The summed E-state index contributed by atoms with van der Waals surface area (Å²) in [6.07, 6.45) is 4.79. The highest BCUT2D eigenvalue weighted by molar-refractivity contribution is 5.99. The van der Waals surface area contributed by atoms with E-state index in [2.05, 4.69) is 40.4 Å². The minimum absolute atomic E-state index is 0.156. The van der Waals surface area contributed by atoms with E-state index < -0.39 is 0 Å². The first-order valence-corrected chi connectivity index (χ1v) is 11.3. The fourth-order valence-electron chi connectivity index (χ4n) is 4.95. The second-order valence-corrected chi connectivity index (χ2v) is 9.00. The topological polar surface area (TPSA) is 61.3 Å². The molecule has 0 bridgehead atoms. The number of nitrogens with one attached hydrogen (secondary N) is 1. The molecule has 2 aromatic heterocycles. The van der Waals surface area contributed by atoms with Crippen LogP contribution in [-0.2, 0) is 11.2 Å². The molecule has 2 aliphatic rings. The zero-order valence-corrected chi connectivity index (χ0v) is 18.4. The van der Waals surface area contributed by atoms with Gasteiger partial charge in [0.2, 0.25) is 5.91 Å². The monoisotopic (exact) mass is 418 g/mol. The van der Waals surface area contributed by atoms with E-state index in [1.807, 2.05) is 29.3 Å². The zero-order chi connectivity index (χ0) is 21.5. The molecule has 1 aliphatic carbocycles. The Hall–Kier alpha value is -2.86. The Bertz CT molecular complexity index is 1130. The smallest absolute Gasteiger partial charge is 0.227 e. The molecule has 3 aromatic rings. The number of benzene rings is 1. The Kier molecular flexibility index (Phi) is 5.18. The first kappa shape index (κ1) is 20.1. The number of piperazine rings is 1. The van der Waals surface area contributed by atoms with Gasteiger partial charge >= 0.3 is 0 Å². The van der Waals surface area contributed by atoms with E-state index in [1.165, 1.54) is 18.5 Å². The summed E-state index contributed by atoms with van der Waals surface area (Å²) in [6, 6.07) is 10.7. The number of hydrogen-bond donors (Lipinski definition) is 1. The molecule has 5 rings (SSSR count). The number of fused-ring (bicyclic) bond motifs is 1. The van der Waals surface area contributed by atoms with Gasteiger partial charge in [-0.05, 0) is 44.4 Å². The second-order valence-electron chi connectivity index (χ2n) is 9.00. The summed E-state index contributed by atoms with van der Waals surface area (Å²) in [7, 11) is 0. The van der Waals surface area contributed by atoms with E-state index in [1.54, 1.807) is 0 Å². The van der Waals surface area contributed by atoms with Gasteiger partial charge in [-0.2, -0.15) is 0 Å². The van der Waals surface area contributed by atoms with Gasteiger partial charge in [0.1, 0.15) is 0 Å². The summed E-state index contributed by atoms with van der Waals surface area (Å²) in [5.74, 6) is 0.349. The van der Waals surface area contributed by atoms with E-state index >= 15 is 0 Å². The van der Waals surface area contributed by atoms with Crippen molar-refractivity contribution in [2.45, 2.75) is 39.2 Å². The average molecular weight is 419 g/mol. The number of aromatic amines is 1. The summed E-state index contributed by atoms with van der Waals surface area (Å²) >= 11 is 0. The number of hydrogen-bond acceptors (Lipinski definition) is 3. The van der Waals surface area contributed by atoms with Gasteiger partial charge in [0.05, 0.1) is 13.0 Å². The van der Waals surface area contributed by atoms with Crippen LogP contribution in [-0.4, -0.2) is 63.8 Å². The fraction of sp³-hybridized carbons (Fsp3) is 0.440. The molecular weight excluding hydrogens is 388 g/mol. The van der Waals surface area contributed by atoms with Crippen LogP contribution in [0.4, 0.5) is 0 Å². The third kappa shape index (κ3) is 3.92. The quantitative estimate of drug-likeness (QED) is 0.624. The Balaban J connectivity index is 1.16. The second kappa shape index (κ2) is 8.00. The third-order valence-electron chi connectivity index (χ3n) is 6.81. The molecule has 1 amide bonds. The summed E-state index contributed by atoms with van der Waals surface area (Å²) < 4.78 is 2.33. The maximum atomic E-state index is 13.0. The lowest BCUT2D eigenvalue weighted by Crippen LogP contribution is -2.50. The summed E-state index contributed by atoms with van der Waals surface area (Å²) in [5, 5.41) is 1.11. The molecule has 1 aliphatic heterocycles. The van der Waals surface area contributed by atoms with Gasteiger partial charge in [-0.15, -0.1) is 0 Å². The van der Waals surface area contributed by atoms with E-state index in [9.17, 15) is 9.59 Å². The molecule has 6 nitrogen and oxygen atoms in total. The van der Waals surface area contributed by atoms with Gasteiger partial charge in [-0.3, -0.25) is 14.5 Å². The lowest BCUT2D eigenvalue weighted by atomic mass is 10.1. The molecule has 1 saturated carbocycles. The van der Waals surface area contributed by atoms with E-state index in [-0.39, 0.29) is 11.7 Å². The van der Waals surface area contributed by atoms with Crippen molar-refractivity contribution in [3.63, 3.8) is 0 Å². The number of para-hydroxylation sites is 1. The Labute approximate surface area is 182 Å². The average Bonchev–Trinajstić information content (AvgIpc) is 3.45. The summed E-state index contributed by atoms with van der Waals surface area (Å²) in [5.41, 5.74) is 5.27. The molecule has 1 N–H and O–H groups in total. The summed E-state index contributed by atoms with van der Waals surface area (Å²) in [4.78, 5) is 33.1. The molecule has 0 spiro atoms. The van der Waals surface area contributed by atoms with Crippen LogP contribution in [0.15, 0.2) is 36.5 Å². The normalized spacial score (nSPS) is 17.4. The molecule has 31 heavy (non-hydrogen) atoms. The van der Waals surface area contributed by atoms with Gasteiger partial charge in [-0.25, -0.2) is 0 Å². The minimum atomic E-state index is 0.156. The van der Waals surface area contributed by atoms with Crippen LogP contribution < -0.4 is 0 Å². The molecule has 2 fully saturated rings. The summed E-state index contributed by atoms with van der Waals surface area (Å²) in [6.45, 7) is 7.43. The number of amides is 1. The van der Waals surface area contributed by atoms with Crippen LogP contribution in [0, 0.1) is 13.8 Å². The molecule has 3 heterocycles. The first-order chi connectivity index (χ1) is 15.0. The van der Waals surface area contributed by atoms with Crippen molar-refractivity contribution >= 4 is 22.6 Å². The number of carbonyl (C=O) groups is 2. The Morgan fingerprint density at radius 2 is 1.81 bits per heavy atom. The number of ketones is 1. The van der Waals surface area contributed by atoms with Crippen LogP contribution in [0.25, 0.3) is 10.9 Å². The number of aryl methyl sites for hydroxylation is 1. The van der Waals surface area contributed by atoms with Crippen molar-refractivity contribution in [2.75, 3.05) is 32.7 Å². The predicted octanol–water partition coefficient (Wildman–Crippen LogP) is 3.49. The lowest BCUT2D eigenvalue weighted by molar-refractivity contribution is -0.132. The SMILES string of the molecule is Cc1cc(C(=O)CN2CCN(C(=O)Cc3c[nH]c4ccccc34)CC2)c(C)n1C1CC1. The molecule has 0 atom stereocenters. The highest BCUT2D eigenvalue weighted by Crippen LogP contribution is 2.38. The zero-order valence-electron chi connectivity index (χ0n) is 18.4. The van der Waals surface area contributed by atoms with Crippen molar-refractivity contribution in [1.29, 1.82) is 0 Å². The number of Topliss-reactive ketones (excluding diaryl/α,β-unsaturated/α-hetero) is 1.